The summed E-state index contributed by atoms with van der Waals surface area (Å²) in [4.78, 5) is -0.134. The van der Waals surface area contributed by atoms with Crippen LogP contribution in [0, 0.1) is 0 Å². The van der Waals surface area contributed by atoms with Gasteiger partial charge in [-0.2, -0.15) is 0 Å². The highest BCUT2D eigenvalue weighted by Crippen LogP contribution is 2.40. The molecule has 9 heteroatoms. The van der Waals surface area contributed by atoms with Gasteiger partial charge in [-0.25, -0.2) is 8.42 Å². The SMILES string of the molecule is COc1cc(NS(=O)(=O)c2cccc(Cl)c2Cl)cc(OC)c1OC. The van der Waals surface area contributed by atoms with Gasteiger partial charge in [-0.15, -0.1) is 0 Å². The van der Waals surface area contributed by atoms with Gasteiger partial charge in [-0.05, 0) is 12.1 Å². The zero-order valence-corrected chi connectivity index (χ0v) is 15.4. The Balaban J connectivity index is 2.48. The zero-order chi connectivity index (χ0) is 17.9. The van der Waals surface area contributed by atoms with Crippen LogP contribution in [-0.4, -0.2) is 29.7 Å². The Bertz CT molecular complexity index is 830. The topological polar surface area (TPSA) is 73.9 Å². The number of ether oxygens (including phenoxy) is 3. The Morgan fingerprint density at radius 2 is 1.54 bits per heavy atom. The Labute approximate surface area is 150 Å². The minimum absolute atomic E-state index is 0.0564. The fraction of sp³-hybridized carbons (Fsp3) is 0.200. The smallest absolute Gasteiger partial charge is 0.263 e. The van der Waals surface area contributed by atoms with Crippen molar-refractivity contribution < 1.29 is 22.6 Å². The predicted octanol–water partition coefficient (Wildman–Crippen LogP) is 3.82. The summed E-state index contributed by atoms with van der Waals surface area (Å²) in [6, 6.07) is 7.30. The monoisotopic (exact) mass is 391 g/mol. The van der Waals surface area contributed by atoms with E-state index in [2.05, 4.69) is 4.72 Å². The van der Waals surface area contributed by atoms with E-state index in [1.807, 2.05) is 0 Å². The summed E-state index contributed by atoms with van der Waals surface area (Å²) in [6.45, 7) is 0. The molecule has 0 aromatic heterocycles. The van der Waals surface area contributed by atoms with Crippen molar-refractivity contribution in [1.29, 1.82) is 0 Å². The summed E-state index contributed by atoms with van der Waals surface area (Å²) in [7, 11) is 0.368. The van der Waals surface area contributed by atoms with E-state index in [9.17, 15) is 8.42 Å². The maximum atomic E-state index is 12.6. The Hall–Kier alpha value is -1.83. The lowest BCUT2D eigenvalue weighted by atomic mass is 10.2. The van der Waals surface area contributed by atoms with Crippen molar-refractivity contribution in [3.63, 3.8) is 0 Å². The fourth-order valence-electron chi connectivity index (χ4n) is 2.04. The van der Waals surface area contributed by atoms with Crippen molar-refractivity contribution >= 4 is 38.9 Å². The van der Waals surface area contributed by atoms with Crippen molar-refractivity contribution in [2.45, 2.75) is 4.90 Å². The van der Waals surface area contributed by atoms with Gasteiger partial charge >= 0.3 is 0 Å². The van der Waals surface area contributed by atoms with E-state index >= 15 is 0 Å². The summed E-state index contributed by atoms with van der Waals surface area (Å²) in [5.74, 6) is 0.974. The third kappa shape index (κ3) is 3.63. The summed E-state index contributed by atoms with van der Waals surface area (Å²) >= 11 is 11.9. The van der Waals surface area contributed by atoms with E-state index in [-0.39, 0.29) is 20.6 Å². The highest BCUT2D eigenvalue weighted by molar-refractivity contribution is 7.92. The molecule has 0 spiro atoms. The van der Waals surface area contributed by atoms with Gasteiger partial charge in [0.25, 0.3) is 10.0 Å². The average molecular weight is 392 g/mol. The molecule has 24 heavy (non-hydrogen) atoms. The highest BCUT2D eigenvalue weighted by Gasteiger charge is 2.21. The van der Waals surface area contributed by atoms with Gasteiger partial charge in [-0.3, -0.25) is 4.72 Å². The minimum atomic E-state index is -3.95. The minimum Gasteiger partial charge on any atom is -0.493 e. The lowest BCUT2D eigenvalue weighted by Gasteiger charge is -2.15. The molecule has 0 radical (unpaired) electrons. The molecule has 0 unspecified atom stereocenters. The first-order valence-electron chi connectivity index (χ1n) is 6.61. The molecule has 0 heterocycles. The molecule has 0 bridgehead atoms. The molecular formula is C15H15Cl2NO5S. The van der Waals surface area contributed by atoms with Crippen LogP contribution in [0.15, 0.2) is 35.2 Å². The standard InChI is InChI=1S/C15H15Cl2NO5S/c1-21-11-7-9(8-12(22-2)15(11)23-3)18-24(19,20)13-6-4-5-10(16)14(13)17/h4-8,18H,1-3H3. The van der Waals surface area contributed by atoms with Crippen molar-refractivity contribution in [2.75, 3.05) is 26.1 Å². The molecule has 0 aliphatic heterocycles. The molecule has 1 N–H and O–H groups in total. The normalized spacial score (nSPS) is 11.0. The maximum absolute atomic E-state index is 12.6. The second kappa shape index (κ2) is 7.38. The van der Waals surface area contributed by atoms with Crippen LogP contribution in [0.4, 0.5) is 5.69 Å². The Morgan fingerprint density at radius 3 is 2.04 bits per heavy atom. The summed E-state index contributed by atoms with van der Waals surface area (Å²) in [5, 5.41) is 0.0866. The lowest BCUT2D eigenvalue weighted by molar-refractivity contribution is 0.325. The van der Waals surface area contributed by atoms with Crippen LogP contribution in [0.1, 0.15) is 0 Å². The maximum Gasteiger partial charge on any atom is 0.263 e. The number of rotatable bonds is 6. The van der Waals surface area contributed by atoms with Crippen molar-refractivity contribution in [2.24, 2.45) is 0 Å². The highest BCUT2D eigenvalue weighted by atomic mass is 35.5. The summed E-state index contributed by atoms with van der Waals surface area (Å²) in [6.07, 6.45) is 0. The van der Waals surface area contributed by atoms with Gasteiger partial charge in [0, 0.05) is 12.1 Å². The molecule has 0 saturated carbocycles. The molecule has 0 aliphatic rings. The number of methoxy groups -OCH3 is 3. The molecule has 2 aromatic carbocycles. The van der Waals surface area contributed by atoms with Crippen LogP contribution in [0.25, 0.3) is 0 Å². The molecule has 2 rings (SSSR count). The quantitative estimate of drug-likeness (QED) is 0.809. The van der Waals surface area contributed by atoms with Crippen LogP contribution in [0.3, 0.4) is 0 Å². The van der Waals surface area contributed by atoms with E-state index in [1.165, 1.54) is 51.7 Å². The van der Waals surface area contributed by atoms with Crippen LogP contribution in [0.2, 0.25) is 10.0 Å². The van der Waals surface area contributed by atoms with Gasteiger partial charge in [0.05, 0.1) is 37.1 Å². The van der Waals surface area contributed by atoms with E-state index in [0.717, 1.165) is 0 Å². The number of halogens is 2. The van der Waals surface area contributed by atoms with Crippen LogP contribution in [-0.2, 0) is 10.0 Å². The molecule has 0 aliphatic carbocycles. The molecule has 2 aromatic rings. The molecule has 0 saturated heterocycles. The average Bonchev–Trinajstić information content (AvgIpc) is 2.55. The van der Waals surface area contributed by atoms with Crippen molar-refractivity contribution in [3.05, 3.63) is 40.4 Å². The third-order valence-corrected chi connectivity index (χ3v) is 5.48. The van der Waals surface area contributed by atoms with E-state index in [1.54, 1.807) is 0 Å². The van der Waals surface area contributed by atoms with Gasteiger partial charge in [0.2, 0.25) is 5.75 Å². The first-order chi connectivity index (χ1) is 11.3. The lowest BCUT2D eigenvalue weighted by Crippen LogP contribution is -2.14. The van der Waals surface area contributed by atoms with Crippen molar-refractivity contribution in [3.8, 4) is 17.2 Å². The van der Waals surface area contributed by atoms with Gasteiger partial charge in [-0.1, -0.05) is 29.3 Å². The van der Waals surface area contributed by atoms with Crippen LogP contribution in [0.5, 0.6) is 17.2 Å². The zero-order valence-electron chi connectivity index (χ0n) is 13.1. The molecule has 0 amide bonds. The Kier molecular flexibility index (Phi) is 5.69. The van der Waals surface area contributed by atoms with Gasteiger partial charge < -0.3 is 14.2 Å². The largest absolute Gasteiger partial charge is 0.493 e. The molecule has 130 valence electrons. The van der Waals surface area contributed by atoms with Crippen LogP contribution < -0.4 is 18.9 Å². The second-order valence-electron chi connectivity index (χ2n) is 4.57. The number of hydrogen-bond acceptors (Lipinski definition) is 5. The summed E-state index contributed by atoms with van der Waals surface area (Å²) in [5.41, 5.74) is 0.223. The summed E-state index contributed by atoms with van der Waals surface area (Å²) < 4.78 is 43.1. The fourth-order valence-corrected chi connectivity index (χ4v) is 3.84. The number of sulfonamides is 1. The first kappa shape index (κ1) is 18.5. The Morgan fingerprint density at radius 1 is 0.958 bits per heavy atom. The third-order valence-electron chi connectivity index (χ3n) is 3.12. The van der Waals surface area contributed by atoms with E-state index in [0.29, 0.717) is 17.2 Å². The van der Waals surface area contributed by atoms with Crippen LogP contribution >= 0.6 is 23.2 Å². The molecular weight excluding hydrogens is 377 g/mol. The number of hydrogen-bond donors (Lipinski definition) is 1. The number of nitrogens with one attached hydrogen (secondary N) is 1. The van der Waals surface area contributed by atoms with E-state index < -0.39 is 10.0 Å². The predicted molar refractivity (Wildman–Crippen MR) is 93.4 cm³/mol. The molecule has 0 fully saturated rings. The van der Waals surface area contributed by atoms with Gasteiger partial charge in [0.1, 0.15) is 4.90 Å². The second-order valence-corrected chi connectivity index (χ2v) is 7.01. The van der Waals surface area contributed by atoms with E-state index in [4.69, 9.17) is 37.4 Å². The van der Waals surface area contributed by atoms with Crippen molar-refractivity contribution in [1.82, 2.24) is 0 Å². The molecule has 0 atom stereocenters. The number of anilines is 1. The van der Waals surface area contributed by atoms with Gasteiger partial charge in [0.15, 0.2) is 11.5 Å². The molecule has 6 nitrogen and oxygen atoms in total. The first-order valence-corrected chi connectivity index (χ1v) is 8.84. The number of benzene rings is 2.